The Hall–Kier alpha value is -1.07. The molecule has 2 fully saturated rings. The van der Waals surface area contributed by atoms with Crippen LogP contribution in [-0.2, 0) is 11.3 Å². The first-order valence-electron chi connectivity index (χ1n) is 8.38. The van der Waals surface area contributed by atoms with Crippen molar-refractivity contribution in [3.8, 4) is 0 Å². The van der Waals surface area contributed by atoms with E-state index in [0.717, 1.165) is 30.9 Å². The van der Waals surface area contributed by atoms with Gasteiger partial charge in [-0.05, 0) is 49.3 Å². The lowest BCUT2D eigenvalue weighted by atomic mass is 10.00. The van der Waals surface area contributed by atoms with Crippen molar-refractivity contribution in [1.82, 2.24) is 14.5 Å². The molecule has 0 amide bonds. The lowest BCUT2D eigenvalue weighted by Crippen LogP contribution is -2.24. The number of fused-ring (bicyclic) bond motifs is 1. The molecule has 2 aromatic rings. The molecule has 22 heavy (non-hydrogen) atoms. The van der Waals surface area contributed by atoms with Crippen LogP contribution >= 0.6 is 11.8 Å². The van der Waals surface area contributed by atoms with Gasteiger partial charge in [0.05, 0.1) is 6.61 Å². The fraction of sp³-hybridized carbons (Fsp3) is 0.647. The fourth-order valence-electron chi connectivity index (χ4n) is 3.63. The molecule has 4 heterocycles. The van der Waals surface area contributed by atoms with Crippen LogP contribution in [0, 0.1) is 5.92 Å². The summed E-state index contributed by atoms with van der Waals surface area (Å²) in [5.74, 6) is 4.98. The summed E-state index contributed by atoms with van der Waals surface area (Å²) in [6.45, 7) is 2.81. The third-order valence-corrected chi connectivity index (χ3v) is 5.86. The van der Waals surface area contributed by atoms with Crippen LogP contribution in [0.3, 0.4) is 0 Å². The number of rotatable bonds is 3. The van der Waals surface area contributed by atoms with Crippen LogP contribution in [0.2, 0.25) is 0 Å². The molecule has 0 saturated carbocycles. The standard InChI is InChI=1S/C17H23N3OS/c1-4-15-17(18-7-1)20(11-13-3-2-8-21-12-13)16(19-15)14-5-9-22-10-6-14/h1,4,7,13-14H,2-3,5-6,8-12H2. The van der Waals surface area contributed by atoms with E-state index in [1.54, 1.807) is 0 Å². The maximum atomic E-state index is 5.67. The lowest BCUT2D eigenvalue weighted by Gasteiger charge is -2.26. The van der Waals surface area contributed by atoms with Gasteiger partial charge in [-0.1, -0.05) is 0 Å². The van der Waals surface area contributed by atoms with Gasteiger partial charge in [-0.15, -0.1) is 0 Å². The molecule has 0 aliphatic carbocycles. The second-order valence-electron chi connectivity index (χ2n) is 6.40. The Bertz CT molecular complexity index is 630. The van der Waals surface area contributed by atoms with Crippen molar-refractivity contribution in [3.05, 3.63) is 24.2 Å². The Morgan fingerprint density at radius 2 is 2.18 bits per heavy atom. The van der Waals surface area contributed by atoms with Gasteiger partial charge in [-0.25, -0.2) is 9.97 Å². The molecule has 0 bridgehead atoms. The average molecular weight is 317 g/mol. The molecule has 0 aromatic carbocycles. The third kappa shape index (κ3) is 2.88. The molecule has 2 aromatic heterocycles. The molecule has 4 rings (SSSR count). The molecular formula is C17H23N3OS. The summed E-state index contributed by atoms with van der Waals surface area (Å²) in [6.07, 6.45) is 6.81. The Morgan fingerprint density at radius 1 is 1.27 bits per heavy atom. The minimum atomic E-state index is 0.597. The highest BCUT2D eigenvalue weighted by molar-refractivity contribution is 7.99. The predicted octanol–water partition coefficient (Wildman–Crippen LogP) is 3.47. The van der Waals surface area contributed by atoms with Gasteiger partial charge in [0.15, 0.2) is 5.65 Å². The van der Waals surface area contributed by atoms with Gasteiger partial charge in [0.1, 0.15) is 11.3 Å². The number of hydrogen-bond donors (Lipinski definition) is 0. The number of ether oxygens (including phenoxy) is 1. The number of nitrogens with zero attached hydrogens (tertiary/aromatic N) is 3. The quantitative estimate of drug-likeness (QED) is 0.869. The molecule has 2 aliphatic rings. The molecule has 0 N–H and O–H groups in total. The van der Waals surface area contributed by atoms with E-state index in [4.69, 9.17) is 9.72 Å². The molecule has 2 aliphatic heterocycles. The zero-order chi connectivity index (χ0) is 14.8. The maximum absolute atomic E-state index is 5.67. The molecular weight excluding hydrogens is 294 g/mol. The summed E-state index contributed by atoms with van der Waals surface area (Å²) in [4.78, 5) is 9.57. The summed E-state index contributed by atoms with van der Waals surface area (Å²) in [5, 5.41) is 0. The Balaban J connectivity index is 1.69. The number of thioether (sulfide) groups is 1. The molecule has 4 nitrogen and oxygen atoms in total. The number of aromatic nitrogens is 3. The SMILES string of the molecule is c1cnc2c(c1)nc(C1CCSCC1)n2CC1CCCOC1. The highest BCUT2D eigenvalue weighted by atomic mass is 32.2. The van der Waals surface area contributed by atoms with Crippen LogP contribution in [0.15, 0.2) is 18.3 Å². The van der Waals surface area contributed by atoms with Crippen molar-refractivity contribution in [3.63, 3.8) is 0 Å². The molecule has 0 radical (unpaired) electrons. The van der Waals surface area contributed by atoms with Crippen molar-refractivity contribution in [1.29, 1.82) is 0 Å². The van der Waals surface area contributed by atoms with Crippen LogP contribution < -0.4 is 0 Å². The first kappa shape index (κ1) is 14.5. The molecule has 1 atom stereocenters. The highest BCUT2D eigenvalue weighted by Gasteiger charge is 2.25. The van der Waals surface area contributed by atoms with Crippen molar-refractivity contribution in [2.75, 3.05) is 24.7 Å². The minimum Gasteiger partial charge on any atom is -0.381 e. The summed E-state index contributed by atoms with van der Waals surface area (Å²) in [6, 6.07) is 4.08. The summed E-state index contributed by atoms with van der Waals surface area (Å²) >= 11 is 2.07. The van der Waals surface area contributed by atoms with Crippen LogP contribution in [0.4, 0.5) is 0 Å². The van der Waals surface area contributed by atoms with Gasteiger partial charge < -0.3 is 9.30 Å². The highest BCUT2D eigenvalue weighted by Crippen LogP contribution is 2.33. The zero-order valence-electron chi connectivity index (χ0n) is 12.9. The smallest absolute Gasteiger partial charge is 0.160 e. The van der Waals surface area contributed by atoms with Gasteiger partial charge in [0.2, 0.25) is 0 Å². The van der Waals surface area contributed by atoms with Gasteiger partial charge in [-0.2, -0.15) is 11.8 Å². The minimum absolute atomic E-state index is 0.597. The van der Waals surface area contributed by atoms with E-state index in [2.05, 4.69) is 27.4 Å². The predicted molar refractivity (Wildman–Crippen MR) is 90.4 cm³/mol. The fourth-order valence-corrected chi connectivity index (χ4v) is 4.74. The molecule has 5 heteroatoms. The number of pyridine rings is 1. The van der Waals surface area contributed by atoms with Crippen LogP contribution in [0.1, 0.15) is 37.4 Å². The van der Waals surface area contributed by atoms with Crippen molar-refractivity contribution in [2.45, 2.75) is 38.1 Å². The van der Waals surface area contributed by atoms with Gasteiger partial charge in [0.25, 0.3) is 0 Å². The maximum Gasteiger partial charge on any atom is 0.160 e. The van der Waals surface area contributed by atoms with Gasteiger partial charge >= 0.3 is 0 Å². The second kappa shape index (κ2) is 6.59. The van der Waals surface area contributed by atoms with E-state index in [9.17, 15) is 0 Å². The third-order valence-electron chi connectivity index (χ3n) is 4.82. The van der Waals surface area contributed by atoms with Crippen LogP contribution in [-0.4, -0.2) is 39.3 Å². The average Bonchev–Trinajstić information content (AvgIpc) is 2.95. The summed E-state index contributed by atoms with van der Waals surface area (Å²) in [7, 11) is 0. The van der Waals surface area contributed by atoms with E-state index in [1.807, 2.05) is 12.3 Å². The lowest BCUT2D eigenvalue weighted by molar-refractivity contribution is 0.0483. The van der Waals surface area contributed by atoms with Crippen molar-refractivity contribution < 1.29 is 4.74 Å². The Kier molecular flexibility index (Phi) is 4.35. The monoisotopic (exact) mass is 317 g/mol. The zero-order valence-corrected chi connectivity index (χ0v) is 13.7. The van der Waals surface area contributed by atoms with E-state index in [1.165, 1.54) is 43.0 Å². The van der Waals surface area contributed by atoms with E-state index >= 15 is 0 Å². The van der Waals surface area contributed by atoms with Crippen LogP contribution in [0.5, 0.6) is 0 Å². The molecule has 1 unspecified atom stereocenters. The first-order valence-corrected chi connectivity index (χ1v) is 9.54. The largest absolute Gasteiger partial charge is 0.381 e. The van der Waals surface area contributed by atoms with Crippen molar-refractivity contribution >= 4 is 22.9 Å². The normalized spacial score (nSPS) is 23.9. The molecule has 0 spiro atoms. The molecule has 118 valence electrons. The van der Waals surface area contributed by atoms with Gasteiger partial charge in [-0.3, -0.25) is 0 Å². The van der Waals surface area contributed by atoms with E-state index in [0.29, 0.717) is 11.8 Å². The second-order valence-corrected chi connectivity index (χ2v) is 7.62. The molecule has 2 saturated heterocycles. The topological polar surface area (TPSA) is 39.9 Å². The van der Waals surface area contributed by atoms with E-state index < -0.39 is 0 Å². The van der Waals surface area contributed by atoms with Gasteiger partial charge in [0, 0.05) is 31.2 Å². The number of imidazole rings is 1. The van der Waals surface area contributed by atoms with Crippen molar-refractivity contribution in [2.24, 2.45) is 5.92 Å². The van der Waals surface area contributed by atoms with Crippen LogP contribution in [0.25, 0.3) is 11.2 Å². The first-order chi connectivity index (χ1) is 10.9. The van der Waals surface area contributed by atoms with E-state index in [-0.39, 0.29) is 0 Å². The summed E-state index contributed by atoms with van der Waals surface area (Å²) in [5.41, 5.74) is 2.11. The Labute approximate surface area is 135 Å². The Morgan fingerprint density at radius 3 is 3.00 bits per heavy atom. The summed E-state index contributed by atoms with van der Waals surface area (Å²) < 4.78 is 8.07. The number of hydrogen-bond acceptors (Lipinski definition) is 4.